The molecule has 2 N–H and O–H groups in total. The third-order valence-corrected chi connectivity index (χ3v) is 5.17. The van der Waals surface area contributed by atoms with Gasteiger partial charge in [0.1, 0.15) is 11.1 Å². The lowest BCUT2D eigenvalue weighted by molar-refractivity contribution is -0.130. The number of carbonyl (C=O) groups is 2. The molecule has 1 atom stereocenters. The Morgan fingerprint density at radius 1 is 1.26 bits per heavy atom. The molecule has 122 valence electrons. The van der Waals surface area contributed by atoms with Gasteiger partial charge in [-0.2, -0.15) is 0 Å². The van der Waals surface area contributed by atoms with Crippen molar-refractivity contribution in [2.75, 3.05) is 6.61 Å². The summed E-state index contributed by atoms with van der Waals surface area (Å²) in [6.07, 6.45) is 4.88. The third kappa shape index (κ3) is 3.16. The number of hydrazine groups is 1. The van der Waals surface area contributed by atoms with E-state index in [0.717, 1.165) is 21.9 Å². The van der Waals surface area contributed by atoms with Crippen LogP contribution in [0.1, 0.15) is 33.6 Å². The number of aryl methyl sites for hydroxylation is 1. The lowest BCUT2D eigenvalue weighted by Crippen LogP contribution is -2.46. The van der Waals surface area contributed by atoms with Crippen molar-refractivity contribution in [3.63, 3.8) is 0 Å². The van der Waals surface area contributed by atoms with Crippen LogP contribution in [0.2, 0.25) is 0 Å². The van der Waals surface area contributed by atoms with Crippen LogP contribution in [0.15, 0.2) is 24.5 Å². The Labute approximate surface area is 138 Å². The van der Waals surface area contributed by atoms with Crippen molar-refractivity contribution in [3.05, 3.63) is 40.5 Å². The smallest absolute Gasteiger partial charge is 0.272 e. The summed E-state index contributed by atoms with van der Waals surface area (Å²) in [5, 5.41) is 0.842. The van der Waals surface area contributed by atoms with E-state index in [0.29, 0.717) is 18.6 Å². The van der Waals surface area contributed by atoms with E-state index < -0.39 is 6.10 Å². The molecule has 0 radical (unpaired) electrons. The monoisotopic (exact) mass is 333 g/mol. The van der Waals surface area contributed by atoms with Crippen molar-refractivity contribution < 1.29 is 14.3 Å². The predicted octanol–water partition coefficient (Wildman–Crippen LogP) is 2.10. The fourth-order valence-corrected chi connectivity index (χ4v) is 3.69. The third-order valence-electron chi connectivity index (χ3n) is 3.95. The molecule has 0 bridgehead atoms. The second-order valence-electron chi connectivity index (χ2n) is 5.50. The first-order valence-corrected chi connectivity index (χ1v) is 8.34. The summed E-state index contributed by atoms with van der Waals surface area (Å²) in [7, 11) is 0. The molecule has 0 saturated carbocycles. The van der Waals surface area contributed by atoms with Crippen molar-refractivity contribution in [3.8, 4) is 5.00 Å². The molecular formula is C16H19N3O3S. The van der Waals surface area contributed by atoms with Crippen LogP contribution in [0.5, 0.6) is 0 Å². The van der Waals surface area contributed by atoms with E-state index in [9.17, 15) is 9.59 Å². The molecule has 2 aromatic rings. The van der Waals surface area contributed by atoms with Gasteiger partial charge in [-0.1, -0.05) is 0 Å². The maximum Gasteiger partial charge on any atom is 0.272 e. The van der Waals surface area contributed by atoms with E-state index >= 15 is 0 Å². The Morgan fingerprint density at radius 2 is 2.00 bits per heavy atom. The average Bonchev–Trinajstić information content (AvgIpc) is 3.27. The van der Waals surface area contributed by atoms with Gasteiger partial charge < -0.3 is 9.30 Å². The molecule has 1 aliphatic rings. The Balaban J connectivity index is 1.75. The number of hydrogen-bond donors (Lipinski definition) is 2. The summed E-state index contributed by atoms with van der Waals surface area (Å²) in [6.45, 7) is 4.48. The highest BCUT2D eigenvalue weighted by Crippen LogP contribution is 2.30. The van der Waals surface area contributed by atoms with E-state index in [1.54, 1.807) is 11.3 Å². The molecule has 0 aliphatic carbocycles. The molecule has 1 aliphatic heterocycles. The Kier molecular flexibility index (Phi) is 4.49. The SMILES string of the molecule is Cc1sc(-n2cccc2)c(C(=O)NNC(=O)C2CCCO2)c1C. The Morgan fingerprint density at radius 3 is 2.65 bits per heavy atom. The molecule has 2 aromatic heterocycles. The molecule has 3 rings (SSSR count). The Hall–Kier alpha value is -2.12. The summed E-state index contributed by atoms with van der Waals surface area (Å²) in [6, 6.07) is 3.82. The van der Waals surface area contributed by atoms with Crippen LogP contribution in [0.25, 0.3) is 5.00 Å². The molecule has 1 unspecified atom stereocenters. The molecule has 0 spiro atoms. The van der Waals surface area contributed by atoms with Gasteiger partial charge in [0.2, 0.25) is 0 Å². The van der Waals surface area contributed by atoms with Gasteiger partial charge in [0.25, 0.3) is 11.8 Å². The van der Waals surface area contributed by atoms with Crippen molar-refractivity contribution >= 4 is 23.2 Å². The Bertz CT molecular complexity index is 715. The van der Waals surface area contributed by atoms with Gasteiger partial charge >= 0.3 is 0 Å². The second kappa shape index (κ2) is 6.55. The van der Waals surface area contributed by atoms with Gasteiger partial charge in [-0.15, -0.1) is 11.3 Å². The van der Waals surface area contributed by atoms with Gasteiger partial charge in [0.05, 0.1) is 5.56 Å². The van der Waals surface area contributed by atoms with Gasteiger partial charge in [-0.25, -0.2) is 0 Å². The van der Waals surface area contributed by atoms with Crippen LogP contribution in [0.3, 0.4) is 0 Å². The summed E-state index contributed by atoms with van der Waals surface area (Å²) in [4.78, 5) is 25.5. The maximum atomic E-state index is 12.5. The molecule has 1 fully saturated rings. The van der Waals surface area contributed by atoms with E-state index in [1.807, 2.05) is 42.9 Å². The van der Waals surface area contributed by atoms with Gasteiger partial charge in [-0.3, -0.25) is 20.4 Å². The van der Waals surface area contributed by atoms with Crippen molar-refractivity contribution in [1.29, 1.82) is 0 Å². The highest BCUT2D eigenvalue weighted by Gasteiger charge is 2.25. The zero-order valence-corrected chi connectivity index (χ0v) is 13.9. The highest BCUT2D eigenvalue weighted by atomic mass is 32.1. The number of ether oxygens (including phenoxy) is 1. The second-order valence-corrected chi connectivity index (χ2v) is 6.70. The fourth-order valence-electron chi connectivity index (χ4n) is 2.57. The summed E-state index contributed by atoms with van der Waals surface area (Å²) < 4.78 is 7.20. The average molecular weight is 333 g/mol. The van der Waals surface area contributed by atoms with Crippen LogP contribution in [0.4, 0.5) is 0 Å². The first kappa shape index (κ1) is 15.8. The number of nitrogens with one attached hydrogen (secondary N) is 2. The van der Waals surface area contributed by atoms with E-state index in [4.69, 9.17) is 4.74 Å². The van der Waals surface area contributed by atoms with Crippen molar-refractivity contribution in [2.45, 2.75) is 32.8 Å². The van der Waals surface area contributed by atoms with Crippen LogP contribution >= 0.6 is 11.3 Å². The number of hydrogen-bond acceptors (Lipinski definition) is 4. The van der Waals surface area contributed by atoms with Gasteiger partial charge in [0, 0.05) is 23.9 Å². The van der Waals surface area contributed by atoms with E-state index in [1.165, 1.54) is 0 Å². The first-order chi connectivity index (χ1) is 11.1. The van der Waals surface area contributed by atoms with E-state index in [-0.39, 0.29) is 11.8 Å². The molecule has 23 heavy (non-hydrogen) atoms. The molecule has 0 aromatic carbocycles. The van der Waals surface area contributed by atoms with Crippen molar-refractivity contribution in [2.24, 2.45) is 0 Å². The van der Waals surface area contributed by atoms with Crippen molar-refractivity contribution in [1.82, 2.24) is 15.4 Å². The number of nitrogens with zero attached hydrogens (tertiary/aromatic N) is 1. The highest BCUT2D eigenvalue weighted by molar-refractivity contribution is 7.15. The molecule has 6 nitrogen and oxygen atoms in total. The number of carbonyl (C=O) groups excluding carboxylic acids is 2. The largest absolute Gasteiger partial charge is 0.368 e. The molecule has 2 amide bonds. The van der Waals surface area contributed by atoms with Gasteiger partial charge in [0.15, 0.2) is 0 Å². The molecule has 1 saturated heterocycles. The normalized spacial score (nSPS) is 17.2. The topological polar surface area (TPSA) is 72.4 Å². The van der Waals surface area contributed by atoms with Gasteiger partial charge in [-0.05, 0) is 44.4 Å². The number of thiophene rings is 1. The quantitative estimate of drug-likeness (QED) is 0.845. The van der Waals surface area contributed by atoms with Crippen LogP contribution < -0.4 is 10.9 Å². The summed E-state index contributed by atoms with van der Waals surface area (Å²) in [5.74, 6) is -0.620. The number of rotatable bonds is 3. The summed E-state index contributed by atoms with van der Waals surface area (Å²) in [5.41, 5.74) is 6.47. The molecule has 3 heterocycles. The number of aromatic nitrogens is 1. The van der Waals surface area contributed by atoms with Crippen LogP contribution in [-0.2, 0) is 9.53 Å². The minimum absolute atomic E-state index is 0.303. The van der Waals surface area contributed by atoms with Crippen LogP contribution in [-0.4, -0.2) is 29.1 Å². The molecular weight excluding hydrogens is 314 g/mol. The summed E-state index contributed by atoms with van der Waals surface area (Å²) >= 11 is 1.55. The molecule has 7 heteroatoms. The zero-order chi connectivity index (χ0) is 16.4. The minimum Gasteiger partial charge on any atom is -0.368 e. The lowest BCUT2D eigenvalue weighted by atomic mass is 10.1. The fraction of sp³-hybridized carbons (Fsp3) is 0.375. The minimum atomic E-state index is -0.468. The maximum absolute atomic E-state index is 12.5. The lowest BCUT2D eigenvalue weighted by Gasteiger charge is -2.12. The standard InChI is InChI=1S/C16H19N3O3S/c1-10-11(2)23-16(19-7-3-4-8-19)13(10)15(21)18-17-14(20)12-6-5-9-22-12/h3-4,7-8,12H,5-6,9H2,1-2H3,(H,17,20)(H,18,21). The predicted molar refractivity (Wildman–Crippen MR) is 87.7 cm³/mol. The van der Waals surface area contributed by atoms with Crippen LogP contribution in [0, 0.1) is 13.8 Å². The number of amides is 2. The van der Waals surface area contributed by atoms with E-state index in [2.05, 4.69) is 10.9 Å². The zero-order valence-electron chi connectivity index (χ0n) is 13.1. The first-order valence-electron chi connectivity index (χ1n) is 7.53.